The molecule has 1 aliphatic heterocycles. The zero-order valence-electron chi connectivity index (χ0n) is 9.13. The number of H-pyrrole nitrogens is 1. The maximum atomic E-state index is 4.21. The van der Waals surface area contributed by atoms with Crippen molar-refractivity contribution in [2.45, 2.75) is 31.7 Å². The highest BCUT2D eigenvalue weighted by molar-refractivity contribution is 4.87. The van der Waals surface area contributed by atoms with Crippen LogP contribution in [0.3, 0.4) is 0 Å². The second-order valence-corrected chi connectivity index (χ2v) is 4.12. The van der Waals surface area contributed by atoms with Gasteiger partial charge in [-0.05, 0) is 32.4 Å². The maximum absolute atomic E-state index is 4.21. The molecule has 0 aromatic carbocycles. The van der Waals surface area contributed by atoms with E-state index in [1.165, 1.54) is 25.8 Å². The van der Waals surface area contributed by atoms with Gasteiger partial charge in [0.05, 0.1) is 0 Å². The molecule has 0 bridgehead atoms. The second kappa shape index (κ2) is 5.88. The molecule has 3 N–H and O–H groups in total. The molecule has 1 atom stereocenters. The Bertz CT molecular complexity index is 250. The van der Waals surface area contributed by atoms with Gasteiger partial charge in [0, 0.05) is 31.4 Å². The molecule has 0 radical (unpaired) electrons. The van der Waals surface area contributed by atoms with Gasteiger partial charge in [0.25, 0.3) is 0 Å². The first-order valence-corrected chi connectivity index (χ1v) is 5.87. The van der Waals surface area contributed by atoms with Gasteiger partial charge >= 0.3 is 0 Å². The zero-order chi connectivity index (χ0) is 10.3. The number of nitrogens with one attached hydrogen (secondary N) is 3. The van der Waals surface area contributed by atoms with E-state index in [-0.39, 0.29) is 0 Å². The minimum absolute atomic E-state index is 0.690. The fraction of sp³-hybridized carbons (Fsp3) is 0.727. The molecule has 1 saturated heterocycles. The Kier molecular flexibility index (Phi) is 4.17. The SMILES string of the molecule is c1c[nH]c(CCNC2CCCNCC2)n1. The van der Waals surface area contributed by atoms with Gasteiger partial charge in [-0.25, -0.2) is 4.98 Å². The third kappa shape index (κ3) is 3.64. The molecule has 1 aliphatic rings. The largest absolute Gasteiger partial charge is 0.349 e. The Labute approximate surface area is 90.9 Å². The molecule has 0 aliphatic carbocycles. The highest BCUT2D eigenvalue weighted by atomic mass is 15.0. The predicted molar refractivity (Wildman–Crippen MR) is 60.8 cm³/mol. The van der Waals surface area contributed by atoms with Crippen LogP contribution in [0.15, 0.2) is 12.4 Å². The number of aromatic amines is 1. The monoisotopic (exact) mass is 208 g/mol. The molecule has 0 spiro atoms. The van der Waals surface area contributed by atoms with Crippen LogP contribution in [-0.2, 0) is 6.42 Å². The Morgan fingerprint density at radius 3 is 3.27 bits per heavy atom. The molecule has 1 aromatic rings. The lowest BCUT2D eigenvalue weighted by atomic mass is 10.1. The van der Waals surface area contributed by atoms with E-state index in [4.69, 9.17) is 0 Å². The van der Waals surface area contributed by atoms with Crippen molar-refractivity contribution in [2.75, 3.05) is 19.6 Å². The van der Waals surface area contributed by atoms with E-state index >= 15 is 0 Å². The van der Waals surface area contributed by atoms with Crippen LogP contribution in [0, 0.1) is 0 Å². The molecule has 4 heteroatoms. The molecule has 15 heavy (non-hydrogen) atoms. The van der Waals surface area contributed by atoms with Crippen LogP contribution < -0.4 is 10.6 Å². The summed E-state index contributed by atoms with van der Waals surface area (Å²) in [5.74, 6) is 1.08. The van der Waals surface area contributed by atoms with Crippen molar-refractivity contribution in [1.82, 2.24) is 20.6 Å². The third-order valence-corrected chi connectivity index (χ3v) is 2.93. The second-order valence-electron chi connectivity index (χ2n) is 4.12. The van der Waals surface area contributed by atoms with Gasteiger partial charge in [-0.1, -0.05) is 0 Å². The highest BCUT2D eigenvalue weighted by Gasteiger charge is 2.10. The van der Waals surface area contributed by atoms with E-state index in [1.807, 2.05) is 12.4 Å². The Morgan fingerprint density at radius 2 is 2.40 bits per heavy atom. The lowest BCUT2D eigenvalue weighted by molar-refractivity contribution is 0.470. The lowest BCUT2D eigenvalue weighted by Crippen LogP contribution is -2.31. The molecule has 0 saturated carbocycles. The maximum Gasteiger partial charge on any atom is 0.107 e. The average molecular weight is 208 g/mol. The van der Waals surface area contributed by atoms with E-state index in [0.29, 0.717) is 6.04 Å². The minimum atomic E-state index is 0.690. The van der Waals surface area contributed by atoms with Crippen LogP contribution in [0.1, 0.15) is 25.1 Å². The van der Waals surface area contributed by atoms with E-state index in [2.05, 4.69) is 20.6 Å². The number of imidazole rings is 1. The first-order chi connectivity index (χ1) is 7.45. The van der Waals surface area contributed by atoms with Crippen molar-refractivity contribution in [3.8, 4) is 0 Å². The Morgan fingerprint density at radius 1 is 1.40 bits per heavy atom. The third-order valence-electron chi connectivity index (χ3n) is 2.93. The number of hydrogen-bond acceptors (Lipinski definition) is 3. The summed E-state index contributed by atoms with van der Waals surface area (Å²) in [5, 5.41) is 7.02. The van der Waals surface area contributed by atoms with Gasteiger partial charge in [-0.2, -0.15) is 0 Å². The van der Waals surface area contributed by atoms with Gasteiger partial charge in [-0.3, -0.25) is 0 Å². The van der Waals surface area contributed by atoms with Gasteiger partial charge in [0.2, 0.25) is 0 Å². The fourth-order valence-corrected chi connectivity index (χ4v) is 2.05. The van der Waals surface area contributed by atoms with Crippen LogP contribution >= 0.6 is 0 Å². The summed E-state index contributed by atoms with van der Waals surface area (Å²) in [6, 6.07) is 0.690. The Balaban J connectivity index is 1.64. The van der Waals surface area contributed by atoms with Crippen molar-refractivity contribution in [2.24, 2.45) is 0 Å². The van der Waals surface area contributed by atoms with Crippen molar-refractivity contribution >= 4 is 0 Å². The summed E-state index contributed by atoms with van der Waals surface area (Å²) < 4.78 is 0. The molecular formula is C11H20N4. The molecule has 4 nitrogen and oxygen atoms in total. The number of hydrogen-bond donors (Lipinski definition) is 3. The number of aromatic nitrogens is 2. The number of rotatable bonds is 4. The lowest BCUT2D eigenvalue weighted by Gasteiger charge is -2.15. The van der Waals surface area contributed by atoms with Crippen molar-refractivity contribution in [3.05, 3.63) is 18.2 Å². The summed E-state index contributed by atoms with van der Waals surface area (Å²) in [6.45, 7) is 3.35. The Hall–Kier alpha value is -0.870. The first kappa shape index (κ1) is 10.6. The van der Waals surface area contributed by atoms with E-state index in [1.54, 1.807) is 0 Å². The van der Waals surface area contributed by atoms with Crippen molar-refractivity contribution in [3.63, 3.8) is 0 Å². The van der Waals surface area contributed by atoms with Gasteiger partial charge in [0.1, 0.15) is 5.82 Å². The average Bonchev–Trinajstić information content (AvgIpc) is 2.62. The number of nitrogens with zero attached hydrogens (tertiary/aromatic N) is 1. The molecule has 1 unspecified atom stereocenters. The van der Waals surface area contributed by atoms with Gasteiger partial charge in [0.15, 0.2) is 0 Å². The molecular weight excluding hydrogens is 188 g/mol. The standard InChI is InChI=1S/C11H20N4/c1-2-10(3-6-12-5-1)13-7-4-11-14-8-9-15-11/h8-10,12-13H,1-7H2,(H,14,15). The van der Waals surface area contributed by atoms with E-state index < -0.39 is 0 Å². The van der Waals surface area contributed by atoms with Crippen LogP contribution in [0.2, 0.25) is 0 Å². The quantitative estimate of drug-likeness (QED) is 0.682. The molecule has 1 aromatic heterocycles. The van der Waals surface area contributed by atoms with Crippen LogP contribution in [0.25, 0.3) is 0 Å². The van der Waals surface area contributed by atoms with Crippen LogP contribution in [0.5, 0.6) is 0 Å². The van der Waals surface area contributed by atoms with Crippen LogP contribution in [0.4, 0.5) is 0 Å². The summed E-state index contributed by atoms with van der Waals surface area (Å²) in [7, 11) is 0. The van der Waals surface area contributed by atoms with Crippen molar-refractivity contribution in [1.29, 1.82) is 0 Å². The zero-order valence-corrected chi connectivity index (χ0v) is 9.13. The molecule has 1 fully saturated rings. The van der Waals surface area contributed by atoms with Gasteiger partial charge < -0.3 is 15.6 Å². The summed E-state index contributed by atoms with van der Waals surface area (Å²) in [5.41, 5.74) is 0. The summed E-state index contributed by atoms with van der Waals surface area (Å²) in [6.07, 6.45) is 8.52. The highest BCUT2D eigenvalue weighted by Crippen LogP contribution is 2.04. The van der Waals surface area contributed by atoms with Gasteiger partial charge in [-0.15, -0.1) is 0 Å². The molecule has 2 heterocycles. The molecule has 0 amide bonds. The molecule has 84 valence electrons. The first-order valence-electron chi connectivity index (χ1n) is 5.87. The normalized spacial score (nSPS) is 22.5. The predicted octanol–water partition coefficient (Wildman–Crippen LogP) is 0.684. The molecule has 2 rings (SSSR count). The van der Waals surface area contributed by atoms with E-state index in [9.17, 15) is 0 Å². The smallest absolute Gasteiger partial charge is 0.107 e. The van der Waals surface area contributed by atoms with E-state index in [0.717, 1.165) is 25.3 Å². The van der Waals surface area contributed by atoms with Crippen LogP contribution in [-0.4, -0.2) is 35.6 Å². The summed E-state index contributed by atoms with van der Waals surface area (Å²) >= 11 is 0. The summed E-state index contributed by atoms with van der Waals surface area (Å²) in [4.78, 5) is 7.33. The minimum Gasteiger partial charge on any atom is -0.349 e. The fourth-order valence-electron chi connectivity index (χ4n) is 2.05. The topological polar surface area (TPSA) is 52.7 Å². The van der Waals surface area contributed by atoms with Crippen molar-refractivity contribution < 1.29 is 0 Å².